The molecule has 3 N–H and O–H groups in total. The largest absolute Gasteiger partial charge is 0.452 e. The maximum atomic E-state index is 18.0. The molecule has 146 heavy (non-hydrogen) atoms. The van der Waals surface area contributed by atoms with Crippen molar-refractivity contribution in [3.63, 3.8) is 0 Å². The van der Waals surface area contributed by atoms with Gasteiger partial charge < -0.3 is 25.2 Å². The van der Waals surface area contributed by atoms with Gasteiger partial charge in [-0.15, -0.1) is 0 Å². The Balaban J connectivity index is 1.03. The number of aromatic nitrogens is 2. The normalized spacial score (nSPS) is 13.9. The van der Waals surface area contributed by atoms with Crippen molar-refractivity contribution in [3.05, 3.63) is 48.8 Å². The predicted molar refractivity (Wildman–Crippen MR) is 626 cm³/mol. The molecule has 15 heteroatoms. The number of aliphatic hydroxyl groups is 1. The molecule has 852 valence electrons. The van der Waals surface area contributed by atoms with Crippen LogP contribution >= 0.6 is 0 Å². The van der Waals surface area contributed by atoms with E-state index < -0.39 is 83.9 Å². The fourth-order valence-electron chi connectivity index (χ4n) is 23.8. The van der Waals surface area contributed by atoms with E-state index in [-0.39, 0.29) is 17.6 Å². The summed E-state index contributed by atoms with van der Waals surface area (Å²) in [5.74, 6) is -8.12. The number of ether oxygens (including phenoxy) is 2. The van der Waals surface area contributed by atoms with Crippen LogP contribution in [0.25, 0.3) is 0 Å². The molecule has 0 aliphatic heterocycles. The number of carbonyl (C=O) groups excluding carboxylic acids is 4. The summed E-state index contributed by atoms with van der Waals surface area (Å²) in [7, 11) is 2.39. The molecule has 0 saturated heterocycles. The standard InChI is InChI=1S/C131H242F2N6O7/c1-10-11-12-13-14-15-16-17-18-19-20-21-22-23-24-25-26-27-28-29-30-31-32-33-34-35-36-37-38-39-40-41-42-43-44-45-46-47-48-49-50-51-52-53-54-55-56-57-58-59-60-61-62-63-64-65-66-67-68-69-70-71-72-73-74-75-76-77-78-79-80-81-82-83-84-85-86-87-88-89-90-91-92-93-94-95-96-97-98-99-103-110-119(118-108-101-100-102-109-118)122(136-127(141)123(115(2)3)138(129(143)145-8)120-111-104-106-113-134-120)126(140)131(132,133)125(117(6)7)137-128(142)124(116(4)5)139(130(144)146-9)121-112-105-107-114-135-121/h104-107,111-119,122-126,140H,10-103,108-110H2,1-9H3,(H,136,141)(H,137,142)/t119?,122-,123-,124-,125-,126+/m0/s1. The van der Waals surface area contributed by atoms with Gasteiger partial charge in [-0.1, -0.05) is 677 Å². The lowest BCUT2D eigenvalue weighted by Gasteiger charge is -2.44. The highest BCUT2D eigenvalue weighted by Crippen LogP contribution is 2.42. The van der Waals surface area contributed by atoms with Crippen molar-refractivity contribution in [3.8, 4) is 0 Å². The van der Waals surface area contributed by atoms with Crippen LogP contribution in [0, 0.1) is 29.6 Å². The van der Waals surface area contributed by atoms with Crippen LogP contribution in [0.5, 0.6) is 0 Å². The maximum Gasteiger partial charge on any atom is 0.415 e. The van der Waals surface area contributed by atoms with Crippen LogP contribution in [0.15, 0.2) is 48.8 Å². The molecular weight excluding hydrogens is 1810 g/mol. The van der Waals surface area contributed by atoms with Gasteiger partial charge in [0.15, 0.2) is 0 Å². The van der Waals surface area contributed by atoms with E-state index in [0.717, 1.165) is 74.0 Å². The topological polar surface area (TPSA) is 163 Å². The first-order chi connectivity index (χ1) is 71.5. The number of rotatable bonds is 108. The Bertz CT molecular complexity index is 3140. The molecule has 2 aromatic rings. The zero-order chi connectivity index (χ0) is 105. The van der Waals surface area contributed by atoms with Gasteiger partial charge in [0.05, 0.1) is 26.3 Å². The zero-order valence-electron chi connectivity index (χ0n) is 97.9. The number of nitrogens with one attached hydrogen (secondary N) is 2. The fourth-order valence-corrected chi connectivity index (χ4v) is 23.8. The number of carbonyl (C=O) groups is 4. The molecule has 1 fully saturated rings. The van der Waals surface area contributed by atoms with Gasteiger partial charge in [-0.25, -0.2) is 38.1 Å². The molecule has 1 unspecified atom stereocenters. The lowest BCUT2D eigenvalue weighted by molar-refractivity contribution is -0.167. The van der Waals surface area contributed by atoms with E-state index in [1.807, 2.05) is 0 Å². The van der Waals surface area contributed by atoms with Crippen LogP contribution < -0.4 is 20.4 Å². The van der Waals surface area contributed by atoms with E-state index >= 15 is 13.6 Å². The van der Waals surface area contributed by atoms with E-state index in [2.05, 4.69) is 27.5 Å². The number of amides is 4. The summed E-state index contributed by atoms with van der Waals surface area (Å²) >= 11 is 0. The van der Waals surface area contributed by atoms with Gasteiger partial charge in [0.2, 0.25) is 11.8 Å². The number of methoxy groups -OCH3 is 2. The first kappa shape index (κ1) is 136. The third kappa shape index (κ3) is 72.3. The highest BCUT2D eigenvalue weighted by Gasteiger charge is 2.55. The third-order valence-electron chi connectivity index (χ3n) is 33.2. The summed E-state index contributed by atoms with van der Waals surface area (Å²) in [6.07, 6.45) is 133. The zero-order valence-corrected chi connectivity index (χ0v) is 97.9. The van der Waals surface area contributed by atoms with Crippen molar-refractivity contribution in [2.75, 3.05) is 24.0 Å². The second-order valence-electron chi connectivity index (χ2n) is 47.5. The molecule has 6 atom stereocenters. The van der Waals surface area contributed by atoms with E-state index in [0.29, 0.717) is 6.42 Å². The third-order valence-corrected chi connectivity index (χ3v) is 33.2. The minimum atomic E-state index is -4.03. The van der Waals surface area contributed by atoms with Crippen molar-refractivity contribution in [2.24, 2.45) is 29.6 Å². The molecule has 13 nitrogen and oxygen atoms in total. The summed E-state index contributed by atoms with van der Waals surface area (Å²) in [4.78, 5) is 67.7. The molecule has 0 spiro atoms. The van der Waals surface area contributed by atoms with Crippen molar-refractivity contribution in [1.29, 1.82) is 0 Å². The SMILES string of the molecule is CCCCCCCCCCCCCCCCCCCCCCCCCCCCCCCCCCCCCCCCCCCCCCCCCCCCCCCCCCCCCCCCCCCCCCCCCCCCCCCCCCCCCCCCCCCCCC(C1CCCCC1)[C@H](NC(=O)[C@H](C(C)C)N(C(=O)OC)c1ccccn1)[C@@H](O)C(F)(F)[C@@H](NC(=O)[C@H](C(C)C)N(C(=O)OC)c1ccccn1)C(C)C. The Labute approximate surface area is 903 Å². The first-order valence-corrected chi connectivity index (χ1v) is 64.8. The van der Waals surface area contributed by atoms with E-state index in [4.69, 9.17) is 9.47 Å². The second-order valence-corrected chi connectivity index (χ2v) is 47.5. The minimum Gasteiger partial charge on any atom is -0.452 e. The average molecular weight is 2050 g/mol. The van der Waals surface area contributed by atoms with Crippen LogP contribution in [0.4, 0.5) is 30.0 Å². The number of pyridine rings is 2. The number of halogens is 2. The van der Waals surface area contributed by atoms with Gasteiger partial charge >= 0.3 is 12.2 Å². The minimum absolute atomic E-state index is 0.0837. The molecule has 2 aromatic heterocycles. The smallest absolute Gasteiger partial charge is 0.415 e. The molecule has 4 amide bonds. The Morgan fingerprint density at radius 1 is 0.308 bits per heavy atom. The van der Waals surface area contributed by atoms with Crippen molar-refractivity contribution in [2.45, 2.75) is 707 Å². The number of hydrogen-bond acceptors (Lipinski definition) is 9. The number of hydrogen-bond donors (Lipinski definition) is 3. The lowest BCUT2D eigenvalue weighted by Crippen LogP contribution is -2.67. The molecule has 0 aromatic carbocycles. The summed E-state index contributed by atoms with van der Waals surface area (Å²) in [5, 5.41) is 18.3. The van der Waals surface area contributed by atoms with Gasteiger partial charge in [-0.3, -0.25) is 9.59 Å². The highest BCUT2D eigenvalue weighted by atomic mass is 19.3. The number of alkyl halides is 2. The van der Waals surface area contributed by atoms with Crippen LogP contribution in [0.3, 0.4) is 0 Å². The summed E-state index contributed by atoms with van der Waals surface area (Å²) in [6.45, 7) is 12.3. The number of nitrogens with zero attached hydrogens (tertiary/aromatic N) is 4. The number of anilines is 2. The molecular formula is C131H242F2N6O7. The molecule has 1 aliphatic rings. The Kier molecular flexibility index (Phi) is 91.8. The molecule has 0 radical (unpaired) electrons. The van der Waals surface area contributed by atoms with Gasteiger partial charge in [0, 0.05) is 12.4 Å². The molecule has 2 heterocycles. The lowest BCUT2D eigenvalue weighted by atomic mass is 9.71. The predicted octanol–water partition coefficient (Wildman–Crippen LogP) is 42.1. The second kappa shape index (κ2) is 98.7. The molecule has 0 bridgehead atoms. The van der Waals surface area contributed by atoms with E-state index in [1.54, 1.807) is 71.9 Å². The highest BCUT2D eigenvalue weighted by molar-refractivity contribution is 5.98. The average Bonchev–Trinajstić information content (AvgIpc) is 0.775. The summed E-state index contributed by atoms with van der Waals surface area (Å²) < 4.78 is 46.4. The van der Waals surface area contributed by atoms with Gasteiger partial charge in [0.25, 0.3) is 5.92 Å². The van der Waals surface area contributed by atoms with Crippen molar-refractivity contribution >= 4 is 35.6 Å². The summed E-state index contributed by atoms with van der Waals surface area (Å²) in [5.41, 5.74) is 0. The molecule has 1 saturated carbocycles. The van der Waals surface area contributed by atoms with E-state index in [9.17, 15) is 19.5 Å². The monoisotopic (exact) mass is 2050 g/mol. The van der Waals surface area contributed by atoms with Crippen molar-refractivity contribution < 1.29 is 42.5 Å². The fraction of sp³-hybridized carbons (Fsp3) is 0.893. The van der Waals surface area contributed by atoms with Crippen LogP contribution in [0.2, 0.25) is 0 Å². The van der Waals surface area contributed by atoms with Crippen LogP contribution in [-0.2, 0) is 19.1 Å². The van der Waals surface area contributed by atoms with Crippen LogP contribution in [-0.4, -0.2) is 89.5 Å². The first-order valence-electron chi connectivity index (χ1n) is 64.8. The molecule has 3 rings (SSSR count). The number of aliphatic hydroxyl groups excluding tert-OH is 1. The number of unbranched alkanes of at least 4 members (excludes halogenated alkanes) is 90. The maximum absolute atomic E-state index is 18.0. The van der Waals surface area contributed by atoms with Gasteiger partial charge in [-0.05, 0) is 60.3 Å². The van der Waals surface area contributed by atoms with E-state index in [1.165, 1.54) is 585 Å². The van der Waals surface area contributed by atoms with Crippen molar-refractivity contribution in [1.82, 2.24) is 20.6 Å². The Morgan fingerprint density at radius 2 is 0.507 bits per heavy atom. The van der Waals surface area contributed by atoms with Gasteiger partial charge in [0.1, 0.15) is 29.8 Å². The van der Waals surface area contributed by atoms with Gasteiger partial charge in [-0.2, -0.15) is 0 Å². The Hall–Kier alpha value is -4.40. The van der Waals surface area contributed by atoms with Crippen LogP contribution in [0.1, 0.15) is 671 Å². The summed E-state index contributed by atoms with van der Waals surface area (Å²) in [6, 6.07) is 3.76. The Morgan fingerprint density at radius 3 is 0.685 bits per heavy atom. The quantitative estimate of drug-likeness (QED) is 0.0547. The molecule has 1 aliphatic carbocycles.